The largest absolute Gasteiger partial charge is 0.310 e. The standard InChI is InChI=1S/C17H28N2/c1-3-10-19-17(13-15-7-5-4-6-8-15)16-9-11-18-14(2)12-16/h9,11-12,15,17,19H,3-8,10,13H2,1-2H3. The SMILES string of the molecule is CCCNC(CC1CCCCC1)c1ccnc(C)c1. The second-order valence-electron chi connectivity index (χ2n) is 5.98. The molecular weight excluding hydrogens is 232 g/mol. The molecule has 0 saturated heterocycles. The van der Waals surface area contributed by atoms with Crippen LogP contribution in [0.1, 0.15) is 69.2 Å². The number of aryl methyl sites for hydroxylation is 1. The summed E-state index contributed by atoms with van der Waals surface area (Å²) in [6, 6.07) is 4.95. The smallest absolute Gasteiger partial charge is 0.0375 e. The van der Waals surface area contributed by atoms with Crippen LogP contribution in [-0.4, -0.2) is 11.5 Å². The molecule has 1 heterocycles. The Hall–Kier alpha value is -0.890. The molecule has 0 amide bonds. The van der Waals surface area contributed by atoms with E-state index in [9.17, 15) is 0 Å². The van der Waals surface area contributed by atoms with Crippen molar-refractivity contribution < 1.29 is 0 Å². The van der Waals surface area contributed by atoms with E-state index in [1.807, 2.05) is 6.20 Å². The van der Waals surface area contributed by atoms with Gasteiger partial charge in [-0.3, -0.25) is 4.98 Å². The van der Waals surface area contributed by atoms with Crippen molar-refractivity contribution in [1.29, 1.82) is 0 Å². The number of rotatable bonds is 6. The Morgan fingerprint density at radius 1 is 1.32 bits per heavy atom. The summed E-state index contributed by atoms with van der Waals surface area (Å²) >= 11 is 0. The molecule has 2 rings (SSSR count). The minimum absolute atomic E-state index is 0.518. The molecule has 0 aromatic carbocycles. The van der Waals surface area contributed by atoms with E-state index >= 15 is 0 Å². The van der Waals surface area contributed by atoms with Gasteiger partial charge in [-0.2, -0.15) is 0 Å². The lowest BCUT2D eigenvalue weighted by Gasteiger charge is -2.27. The van der Waals surface area contributed by atoms with Crippen LogP contribution in [-0.2, 0) is 0 Å². The molecule has 0 bridgehead atoms. The minimum atomic E-state index is 0.518. The molecule has 19 heavy (non-hydrogen) atoms. The Labute approximate surface area is 118 Å². The van der Waals surface area contributed by atoms with Gasteiger partial charge in [0.15, 0.2) is 0 Å². The summed E-state index contributed by atoms with van der Waals surface area (Å²) in [7, 11) is 0. The normalized spacial score (nSPS) is 18.4. The van der Waals surface area contributed by atoms with Gasteiger partial charge >= 0.3 is 0 Å². The highest BCUT2D eigenvalue weighted by Crippen LogP contribution is 2.31. The fourth-order valence-electron chi connectivity index (χ4n) is 3.20. The third-order valence-electron chi connectivity index (χ3n) is 4.26. The van der Waals surface area contributed by atoms with Crippen molar-refractivity contribution in [1.82, 2.24) is 10.3 Å². The van der Waals surface area contributed by atoms with Gasteiger partial charge in [0, 0.05) is 17.9 Å². The van der Waals surface area contributed by atoms with E-state index in [-0.39, 0.29) is 0 Å². The molecule has 1 aliphatic carbocycles. The number of hydrogen-bond acceptors (Lipinski definition) is 2. The van der Waals surface area contributed by atoms with Crippen LogP contribution in [0.5, 0.6) is 0 Å². The predicted octanol–water partition coefficient (Wildman–Crippen LogP) is 4.40. The molecular formula is C17H28N2. The molecule has 1 aromatic heterocycles. The highest BCUT2D eigenvalue weighted by molar-refractivity contribution is 5.19. The van der Waals surface area contributed by atoms with Gasteiger partial charge in [0.05, 0.1) is 0 Å². The molecule has 1 unspecified atom stereocenters. The van der Waals surface area contributed by atoms with Crippen molar-refractivity contribution in [2.24, 2.45) is 5.92 Å². The number of aromatic nitrogens is 1. The molecule has 1 fully saturated rings. The first-order valence-corrected chi connectivity index (χ1v) is 7.95. The molecule has 106 valence electrons. The minimum Gasteiger partial charge on any atom is -0.310 e. The summed E-state index contributed by atoms with van der Waals surface area (Å²) in [6.07, 6.45) is 11.6. The van der Waals surface area contributed by atoms with Gasteiger partial charge in [-0.25, -0.2) is 0 Å². The van der Waals surface area contributed by atoms with Crippen molar-refractivity contribution in [3.8, 4) is 0 Å². The van der Waals surface area contributed by atoms with Crippen molar-refractivity contribution in [3.05, 3.63) is 29.6 Å². The first-order chi connectivity index (χ1) is 9.29. The van der Waals surface area contributed by atoms with Gasteiger partial charge in [-0.1, -0.05) is 39.0 Å². The average Bonchev–Trinajstić information content (AvgIpc) is 2.44. The van der Waals surface area contributed by atoms with E-state index in [0.29, 0.717) is 6.04 Å². The third kappa shape index (κ3) is 4.61. The van der Waals surface area contributed by atoms with Crippen molar-refractivity contribution in [2.75, 3.05) is 6.54 Å². The molecule has 0 aliphatic heterocycles. The van der Waals surface area contributed by atoms with Gasteiger partial charge in [0.2, 0.25) is 0 Å². The maximum absolute atomic E-state index is 4.32. The zero-order chi connectivity index (χ0) is 13.5. The quantitative estimate of drug-likeness (QED) is 0.820. The van der Waals surface area contributed by atoms with Crippen LogP contribution in [0.15, 0.2) is 18.3 Å². The van der Waals surface area contributed by atoms with Crippen LogP contribution < -0.4 is 5.32 Å². The highest BCUT2D eigenvalue weighted by atomic mass is 14.9. The van der Waals surface area contributed by atoms with Crippen LogP contribution >= 0.6 is 0 Å². The Morgan fingerprint density at radius 3 is 2.79 bits per heavy atom. The summed E-state index contributed by atoms with van der Waals surface area (Å²) < 4.78 is 0. The first-order valence-electron chi connectivity index (χ1n) is 7.95. The maximum atomic E-state index is 4.32. The monoisotopic (exact) mass is 260 g/mol. The van der Waals surface area contributed by atoms with Crippen LogP contribution in [0.3, 0.4) is 0 Å². The topological polar surface area (TPSA) is 24.9 Å². The predicted molar refractivity (Wildman–Crippen MR) is 81.2 cm³/mol. The van der Waals surface area contributed by atoms with E-state index in [0.717, 1.165) is 18.2 Å². The van der Waals surface area contributed by atoms with Gasteiger partial charge in [-0.05, 0) is 49.9 Å². The first kappa shape index (κ1) is 14.5. The lowest BCUT2D eigenvalue weighted by Crippen LogP contribution is -2.25. The highest BCUT2D eigenvalue weighted by Gasteiger charge is 2.19. The Kier molecular flexibility index (Phi) is 5.84. The Balaban J connectivity index is 2.01. The third-order valence-corrected chi connectivity index (χ3v) is 4.26. The van der Waals surface area contributed by atoms with Gasteiger partial charge < -0.3 is 5.32 Å². The Morgan fingerprint density at radius 2 is 2.11 bits per heavy atom. The van der Waals surface area contributed by atoms with Crippen LogP contribution in [0, 0.1) is 12.8 Å². The number of hydrogen-bond donors (Lipinski definition) is 1. The average molecular weight is 260 g/mol. The molecule has 0 spiro atoms. The van der Waals surface area contributed by atoms with Crippen LogP contribution in [0.25, 0.3) is 0 Å². The molecule has 2 heteroatoms. The second-order valence-corrected chi connectivity index (χ2v) is 5.98. The number of nitrogens with one attached hydrogen (secondary N) is 1. The summed E-state index contributed by atoms with van der Waals surface area (Å²) in [5.41, 5.74) is 2.55. The van der Waals surface area contributed by atoms with Crippen molar-refractivity contribution >= 4 is 0 Å². The van der Waals surface area contributed by atoms with Gasteiger partial charge in [-0.15, -0.1) is 0 Å². The summed E-state index contributed by atoms with van der Waals surface area (Å²) in [5.74, 6) is 0.913. The molecule has 1 aromatic rings. The molecule has 2 nitrogen and oxygen atoms in total. The van der Waals surface area contributed by atoms with E-state index < -0.39 is 0 Å². The number of pyridine rings is 1. The van der Waals surface area contributed by atoms with Gasteiger partial charge in [0.1, 0.15) is 0 Å². The summed E-state index contributed by atoms with van der Waals surface area (Å²) in [6.45, 7) is 5.43. The lowest BCUT2D eigenvalue weighted by atomic mass is 9.83. The van der Waals surface area contributed by atoms with Crippen LogP contribution in [0.4, 0.5) is 0 Å². The number of nitrogens with zero attached hydrogens (tertiary/aromatic N) is 1. The van der Waals surface area contributed by atoms with Crippen molar-refractivity contribution in [2.45, 2.75) is 64.8 Å². The maximum Gasteiger partial charge on any atom is 0.0375 e. The van der Waals surface area contributed by atoms with E-state index in [2.05, 4.69) is 36.3 Å². The lowest BCUT2D eigenvalue weighted by molar-refractivity contribution is 0.300. The van der Waals surface area contributed by atoms with Crippen LogP contribution in [0.2, 0.25) is 0 Å². The fraction of sp³-hybridized carbons (Fsp3) is 0.706. The van der Waals surface area contributed by atoms with E-state index in [4.69, 9.17) is 0 Å². The molecule has 0 radical (unpaired) electrons. The summed E-state index contributed by atoms with van der Waals surface area (Å²) in [4.78, 5) is 4.32. The Bertz CT molecular complexity index is 369. The van der Waals surface area contributed by atoms with E-state index in [1.165, 1.54) is 50.5 Å². The molecule has 1 saturated carbocycles. The van der Waals surface area contributed by atoms with E-state index in [1.54, 1.807) is 0 Å². The summed E-state index contributed by atoms with van der Waals surface area (Å²) in [5, 5.41) is 3.73. The zero-order valence-electron chi connectivity index (χ0n) is 12.5. The second kappa shape index (κ2) is 7.64. The molecule has 1 N–H and O–H groups in total. The van der Waals surface area contributed by atoms with Crippen molar-refractivity contribution in [3.63, 3.8) is 0 Å². The molecule has 1 aliphatic rings. The molecule has 1 atom stereocenters. The fourth-order valence-corrected chi connectivity index (χ4v) is 3.20. The van der Waals surface area contributed by atoms with Gasteiger partial charge in [0.25, 0.3) is 0 Å². The zero-order valence-corrected chi connectivity index (χ0v) is 12.5.